The number of hydrogen-bond donors (Lipinski definition) is 2. The number of hydrogen-bond acceptors (Lipinski definition) is 5. The zero-order valence-electron chi connectivity index (χ0n) is 13.3. The van der Waals surface area contributed by atoms with Gasteiger partial charge in [-0.15, -0.1) is 0 Å². The fraction of sp³-hybridized carbons (Fsp3) is 0.412. The quantitative estimate of drug-likeness (QED) is 0.692. The molecule has 0 amide bonds. The van der Waals surface area contributed by atoms with Gasteiger partial charge >= 0.3 is 0 Å². The van der Waals surface area contributed by atoms with E-state index in [1.165, 1.54) is 12.8 Å². The smallest absolute Gasteiger partial charge is 0.224 e. The van der Waals surface area contributed by atoms with E-state index in [0.717, 1.165) is 30.1 Å². The third-order valence-corrected chi connectivity index (χ3v) is 3.37. The molecule has 118 valence electrons. The molecule has 1 aromatic heterocycles. The van der Waals surface area contributed by atoms with Crippen LogP contribution in [0.5, 0.6) is 5.75 Å². The number of nitrogens with zero attached hydrogens (tertiary/aromatic N) is 2. The fourth-order valence-corrected chi connectivity index (χ4v) is 2.15. The van der Waals surface area contributed by atoms with Crippen LogP contribution in [0.25, 0.3) is 0 Å². The lowest BCUT2D eigenvalue weighted by molar-refractivity contribution is 0.410. The summed E-state index contributed by atoms with van der Waals surface area (Å²) < 4.78 is 5.35. The number of rotatable bonds is 9. The monoisotopic (exact) mass is 300 g/mol. The maximum Gasteiger partial charge on any atom is 0.224 e. The molecule has 0 fully saturated rings. The van der Waals surface area contributed by atoms with Crippen molar-refractivity contribution in [2.75, 3.05) is 24.3 Å². The minimum absolute atomic E-state index is 0.663. The Hall–Kier alpha value is -2.30. The van der Waals surface area contributed by atoms with Gasteiger partial charge in [-0.2, -0.15) is 4.98 Å². The summed E-state index contributed by atoms with van der Waals surface area (Å²) in [5.74, 6) is 2.35. The predicted molar refractivity (Wildman–Crippen MR) is 90.4 cm³/mol. The van der Waals surface area contributed by atoms with Gasteiger partial charge in [0.1, 0.15) is 11.6 Å². The van der Waals surface area contributed by atoms with Gasteiger partial charge in [0.15, 0.2) is 0 Å². The van der Waals surface area contributed by atoms with E-state index < -0.39 is 0 Å². The minimum atomic E-state index is 0.663. The zero-order valence-corrected chi connectivity index (χ0v) is 13.3. The summed E-state index contributed by atoms with van der Waals surface area (Å²) in [4.78, 5) is 8.71. The normalized spacial score (nSPS) is 10.3. The highest BCUT2D eigenvalue weighted by Crippen LogP contribution is 2.18. The molecule has 2 rings (SSSR count). The predicted octanol–water partition coefficient (Wildman–Crippen LogP) is 3.70. The van der Waals surface area contributed by atoms with Crippen molar-refractivity contribution >= 4 is 11.8 Å². The highest BCUT2D eigenvalue weighted by molar-refractivity contribution is 5.42. The molecule has 1 heterocycles. The Bertz CT molecular complexity index is 574. The molecule has 0 radical (unpaired) electrons. The van der Waals surface area contributed by atoms with Crippen molar-refractivity contribution in [1.82, 2.24) is 9.97 Å². The molecule has 0 bridgehead atoms. The van der Waals surface area contributed by atoms with Gasteiger partial charge in [0.2, 0.25) is 5.95 Å². The SMILES string of the molecule is CCCCCNc1nccc(NCc2ccccc2OC)n1. The first kappa shape index (κ1) is 16.1. The van der Waals surface area contributed by atoms with E-state index >= 15 is 0 Å². The third kappa shape index (κ3) is 4.91. The molecule has 2 N–H and O–H groups in total. The average molecular weight is 300 g/mol. The largest absolute Gasteiger partial charge is 0.496 e. The molecule has 0 unspecified atom stereocenters. The molecular weight excluding hydrogens is 276 g/mol. The molecule has 22 heavy (non-hydrogen) atoms. The Labute approximate surface area is 132 Å². The van der Waals surface area contributed by atoms with E-state index in [4.69, 9.17) is 4.74 Å². The van der Waals surface area contributed by atoms with Crippen LogP contribution in [0.4, 0.5) is 11.8 Å². The minimum Gasteiger partial charge on any atom is -0.496 e. The number of anilines is 2. The number of methoxy groups -OCH3 is 1. The Morgan fingerprint density at radius 2 is 1.95 bits per heavy atom. The fourth-order valence-electron chi connectivity index (χ4n) is 2.15. The van der Waals surface area contributed by atoms with Gasteiger partial charge in [-0.05, 0) is 18.6 Å². The Morgan fingerprint density at radius 3 is 2.77 bits per heavy atom. The highest BCUT2D eigenvalue weighted by atomic mass is 16.5. The topological polar surface area (TPSA) is 59.1 Å². The highest BCUT2D eigenvalue weighted by Gasteiger charge is 2.03. The van der Waals surface area contributed by atoms with Crippen LogP contribution in [0.3, 0.4) is 0 Å². The van der Waals surface area contributed by atoms with Crippen LogP contribution in [0, 0.1) is 0 Å². The molecule has 0 aliphatic rings. The van der Waals surface area contributed by atoms with Gasteiger partial charge in [0, 0.05) is 24.8 Å². The summed E-state index contributed by atoms with van der Waals surface area (Å²) in [6, 6.07) is 9.83. The first-order valence-electron chi connectivity index (χ1n) is 7.76. The number of benzene rings is 1. The van der Waals surface area contributed by atoms with E-state index in [9.17, 15) is 0 Å². The Morgan fingerprint density at radius 1 is 1.09 bits per heavy atom. The zero-order chi connectivity index (χ0) is 15.6. The second kappa shape index (κ2) is 8.87. The van der Waals surface area contributed by atoms with E-state index in [2.05, 4.69) is 27.5 Å². The van der Waals surface area contributed by atoms with Crippen LogP contribution >= 0.6 is 0 Å². The third-order valence-electron chi connectivity index (χ3n) is 3.37. The first-order chi connectivity index (χ1) is 10.8. The molecule has 0 atom stereocenters. The van der Waals surface area contributed by atoms with E-state index in [1.807, 2.05) is 30.3 Å². The van der Waals surface area contributed by atoms with Crippen molar-refractivity contribution in [3.63, 3.8) is 0 Å². The molecule has 0 aliphatic carbocycles. The number of unbranched alkanes of at least 4 members (excludes halogenated alkanes) is 2. The van der Waals surface area contributed by atoms with Gasteiger partial charge in [-0.25, -0.2) is 4.98 Å². The van der Waals surface area contributed by atoms with E-state index in [-0.39, 0.29) is 0 Å². The lowest BCUT2D eigenvalue weighted by Gasteiger charge is -2.10. The van der Waals surface area contributed by atoms with Gasteiger partial charge in [0.25, 0.3) is 0 Å². The Kier molecular flexibility index (Phi) is 6.48. The lowest BCUT2D eigenvalue weighted by atomic mass is 10.2. The van der Waals surface area contributed by atoms with Crippen molar-refractivity contribution in [2.45, 2.75) is 32.7 Å². The van der Waals surface area contributed by atoms with E-state index in [1.54, 1.807) is 13.3 Å². The van der Waals surface area contributed by atoms with Crippen LogP contribution < -0.4 is 15.4 Å². The van der Waals surface area contributed by atoms with Crippen LogP contribution in [0.2, 0.25) is 0 Å². The van der Waals surface area contributed by atoms with Crippen LogP contribution in [0.1, 0.15) is 31.7 Å². The van der Waals surface area contributed by atoms with Crippen molar-refractivity contribution in [3.05, 3.63) is 42.1 Å². The van der Waals surface area contributed by atoms with Gasteiger partial charge in [0.05, 0.1) is 7.11 Å². The van der Waals surface area contributed by atoms with Crippen molar-refractivity contribution < 1.29 is 4.74 Å². The molecule has 5 heteroatoms. The molecule has 0 saturated heterocycles. The van der Waals surface area contributed by atoms with Gasteiger partial charge < -0.3 is 15.4 Å². The van der Waals surface area contributed by atoms with E-state index in [0.29, 0.717) is 12.5 Å². The summed E-state index contributed by atoms with van der Waals surface area (Å²) >= 11 is 0. The van der Waals surface area contributed by atoms with Gasteiger partial charge in [-0.1, -0.05) is 38.0 Å². The molecule has 0 aliphatic heterocycles. The van der Waals surface area contributed by atoms with Crippen LogP contribution in [0.15, 0.2) is 36.5 Å². The molecule has 0 spiro atoms. The number of aromatic nitrogens is 2. The second-order valence-electron chi connectivity index (χ2n) is 5.06. The molecule has 0 saturated carbocycles. The maximum absolute atomic E-state index is 5.35. The maximum atomic E-state index is 5.35. The van der Waals surface area contributed by atoms with Crippen molar-refractivity contribution in [1.29, 1.82) is 0 Å². The number of para-hydroxylation sites is 1. The van der Waals surface area contributed by atoms with Crippen LogP contribution in [-0.2, 0) is 6.54 Å². The van der Waals surface area contributed by atoms with Crippen LogP contribution in [-0.4, -0.2) is 23.6 Å². The molecule has 1 aromatic carbocycles. The summed E-state index contributed by atoms with van der Waals surface area (Å²) in [6.45, 7) is 3.76. The van der Waals surface area contributed by atoms with Crippen molar-refractivity contribution in [2.24, 2.45) is 0 Å². The summed E-state index contributed by atoms with van der Waals surface area (Å²) in [5, 5.41) is 6.56. The summed E-state index contributed by atoms with van der Waals surface area (Å²) in [6.07, 6.45) is 5.33. The molecule has 5 nitrogen and oxygen atoms in total. The number of ether oxygens (including phenoxy) is 1. The summed E-state index contributed by atoms with van der Waals surface area (Å²) in [5.41, 5.74) is 1.10. The second-order valence-corrected chi connectivity index (χ2v) is 5.06. The Balaban J connectivity index is 1.90. The first-order valence-corrected chi connectivity index (χ1v) is 7.76. The van der Waals surface area contributed by atoms with Crippen molar-refractivity contribution in [3.8, 4) is 5.75 Å². The standard InChI is InChI=1S/C17H24N4O/c1-3-4-7-11-18-17-19-12-10-16(21-17)20-13-14-8-5-6-9-15(14)22-2/h5-6,8-10,12H,3-4,7,11,13H2,1-2H3,(H2,18,19,20,21). The molecule has 2 aromatic rings. The average Bonchev–Trinajstić information content (AvgIpc) is 2.57. The lowest BCUT2D eigenvalue weighted by Crippen LogP contribution is -2.08. The van der Waals surface area contributed by atoms with Gasteiger partial charge in [-0.3, -0.25) is 0 Å². The summed E-state index contributed by atoms with van der Waals surface area (Å²) in [7, 11) is 1.68. The number of nitrogens with one attached hydrogen (secondary N) is 2. The molecular formula is C17H24N4O.